The Kier molecular flexibility index (Phi) is 5.04. The molecule has 4 N–H and O–H groups in total. The van der Waals surface area contributed by atoms with Gasteiger partial charge >= 0.3 is 0 Å². The summed E-state index contributed by atoms with van der Waals surface area (Å²) in [7, 11) is 0. The molecule has 6 heteroatoms. The van der Waals surface area contributed by atoms with E-state index in [-0.39, 0.29) is 11.7 Å². The SMILES string of the molecule is NC(CCCNc1ccc(Br)cc1F)=NO. The third-order valence-corrected chi connectivity index (χ3v) is 2.48. The summed E-state index contributed by atoms with van der Waals surface area (Å²) < 4.78 is 14.0. The maximum Gasteiger partial charge on any atom is 0.147 e. The minimum atomic E-state index is -0.307. The summed E-state index contributed by atoms with van der Waals surface area (Å²) in [6.07, 6.45) is 1.15. The van der Waals surface area contributed by atoms with Crippen LogP contribution in [0, 0.1) is 5.82 Å². The van der Waals surface area contributed by atoms with E-state index >= 15 is 0 Å². The van der Waals surface area contributed by atoms with E-state index < -0.39 is 0 Å². The monoisotopic (exact) mass is 289 g/mol. The lowest BCUT2D eigenvalue weighted by atomic mass is 10.2. The van der Waals surface area contributed by atoms with Gasteiger partial charge in [-0.2, -0.15) is 0 Å². The van der Waals surface area contributed by atoms with Gasteiger partial charge in [0.1, 0.15) is 11.7 Å². The molecule has 0 amide bonds. The summed E-state index contributed by atoms with van der Waals surface area (Å²) in [5, 5.41) is 14.1. The van der Waals surface area contributed by atoms with Crippen molar-refractivity contribution in [2.75, 3.05) is 11.9 Å². The third kappa shape index (κ3) is 4.06. The molecule has 0 heterocycles. The molecule has 4 nitrogen and oxygen atoms in total. The number of hydrogen-bond donors (Lipinski definition) is 3. The Morgan fingerprint density at radius 2 is 2.31 bits per heavy atom. The van der Waals surface area contributed by atoms with Crippen LogP contribution in [0.5, 0.6) is 0 Å². The van der Waals surface area contributed by atoms with Crippen molar-refractivity contribution in [2.45, 2.75) is 12.8 Å². The largest absolute Gasteiger partial charge is 0.409 e. The maximum absolute atomic E-state index is 13.3. The van der Waals surface area contributed by atoms with Gasteiger partial charge in [-0.05, 0) is 24.6 Å². The number of nitrogens with two attached hydrogens (primary N) is 1. The van der Waals surface area contributed by atoms with Crippen LogP contribution < -0.4 is 11.1 Å². The van der Waals surface area contributed by atoms with Gasteiger partial charge in [-0.1, -0.05) is 21.1 Å². The first kappa shape index (κ1) is 12.8. The van der Waals surface area contributed by atoms with Gasteiger partial charge < -0.3 is 16.3 Å². The molecule has 0 saturated heterocycles. The summed E-state index contributed by atoms with van der Waals surface area (Å²) in [6.45, 7) is 0.564. The molecule has 1 aromatic carbocycles. The van der Waals surface area contributed by atoms with Gasteiger partial charge in [0.05, 0.1) is 5.69 Å². The minimum absolute atomic E-state index is 0.179. The molecule has 0 aromatic heterocycles. The molecule has 88 valence electrons. The first-order valence-electron chi connectivity index (χ1n) is 4.79. The zero-order valence-electron chi connectivity index (χ0n) is 8.58. The molecule has 0 radical (unpaired) electrons. The standard InChI is InChI=1S/C10H13BrFN3O/c11-7-3-4-9(8(12)6-7)14-5-1-2-10(13)15-16/h3-4,6,14,16H,1-2,5H2,(H2,13,15). The summed E-state index contributed by atoms with van der Waals surface area (Å²) in [6, 6.07) is 4.81. The van der Waals surface area contributed by atoms with E-state index in [1.807, 2.05) is 0 Å². The summed E-state index contributed by atoms with van der Waals surface area (Å²) >= 11 is 3.18. The second kappa shape index (κ2) is 6.32. The van der Waals surface area contributed by atoms with Gasteiger partial charge in [0.2, 0.25) is 0 Å². The number of nitrogens with zero attached hydrogens (tertiary/aromatic N) is 1. The van der Waals surface area contributed by atoms with Crippen LogP contribution in [0.2, 0.25) is 0 Å². The van der Waals surface area contributed by atoms with Crippen molar-refractivity contribution in [1.82, 2.24) is 0 Å². The fraction of sp³-hybridized carbons (Fsp3) is 0.300. The number of nitrogens with one attached hydrogen (secondary N) is 1. The second-order valence-electron chi connectivity index (χ2n) is 3.25. The van der Waals surface area contributed by atoms with Crippen LogP contribution in [0.1, 0.15) is 12.8 Å². The number of rotatable bonds is 5. The first-order valence-corrected chi connectivity index (χ1v) is 5.58. The van der Waals surface area contributed by atoms with Crippen LogP contribution in [0.4, 0.5) is 10.1 Å². The van der Waals surface area contributed by atoms with E-state index in [2.05, 4.69) is 26.4 Å². The zero-order chi connectivity index (χ0) is 12.0. The lowest BCUT2D eigenvalue weighted by Crippen LogP contribution is -2.13. The van der Waals surface area contributed by atoms with Crippen molar-refractivity contribution in [3.05, 3.63) is 28.5 Å². The third-order valence-electron chi connectivity index (χ3n) is 1.98. The first-order chi connectivity index (χ1) is 7.63. The van der Waals surface area contributed by atoms with Gasteiger partial charge in [-0.3, -0.25) is 0 Å². The molecule has 0 unspecified atom stereocenters. The lowest BCUT2D eigenvalue weighted by molar-refractivity contribution is 0.316. The van der Waals surface area contributed by atoms with Crippen molar-refractivity contribution in [1.29, 1.82) is 0 Å². The van der Waals surface area contributed by atoms with Crippen molar-refractivity contribution < 1.29 is 9.60 Å². The fourth-order valence-electron chi connectivity index (χ4n) is 1.18. The van der Waals surface area contributed by atoms with E-state index in [9.17, 15) is 4.39 Å². The van der Waals surface area contributed by atoms with Crippen LogP contribution in [0.3, 0.4) is 0 Å². The zero-order valence-corrected chi connectivity index (χ0v) is 10.2. The Labute approximate surface area is 101 Å². The van der Waals surface area contributed by atoms with E-state index in [0.29, 0.717) is 29.5 Å². The fourth-order valence-corrected chi connectivity index (χ4v) is 1.51. The molecule has 1 aromatic rings. The van der Waals surface area contributed by atoms with Gasteiger partial charge in [0, 0.05) is 17.4 Å². The number of anilines is 1. The maximum atomic E-state index is 13.3. The smallest absolute Gasteiger partial charge is 0.147 e. The molecule has 0 bridgehead atoms. The molecule has 0 aliphatic heterocycles. The van der Waals surface area contributed by atoms with Gasteiger partial charge in [0.15, 0.2) is 0 Å². The minimum Gasteiger partial charge on any atom is -0.409 e. The predicted octanol–water partition coefficient (Wildman–Crippen LogP) is 2.53. The van der Waals surface area contributed by atoms with Crippen molar-refractivity contribution >= 4 is 27.5 Å². The Morgan fingerprint density at radius 3 is 2.94 bits per heavy atom. The Hall–Kier alpha value is -1.30. The van der Waals surface area contributed by atoms with E-state index in [1.54, 1.807) is 12.1 Å². The molecular formula is C10H13BrFN3O. The van der Waals surface area contributed by atoms with Crippen LogP contribution in [0.25, 0.3) is 0 Å². The second-order valence-corrected chi connectivity index (χ2v) is 4.16. The molecule has 0 fully saturated rings. The molecular weight excluding hydrogens is 277 g/mol. The van der Waals surface area contributed by atoms with Gasteiger partial charge in [-0.15, -0.1) is 0 Å². The van der Waals surface area contributed by atoms with Crippen molar-refractivity contribution in [3.63, 3.8) is 0 Å². The van der Waals surface area contributed by atoms with Crippen LogP contribution in [-0.2, 0) is 0 Å². The lowest BCUT2D eigenvalue weighted by Gasteiger charge is -2.07. The quantitative estimate of drug-likeness (QED) is 0.256. The van der Waals surface area contributed by atoms with E-state index in [4.69, 9.17) is 10.9 Å². The van der Waals surface area contributed by atoms with Crippen LogP contribution in [-0.4, -0.2) is 17.6 Å². The molecule has 0 aliphatic rings. The van der Waals surface area contributed by atoms with Crippen LogP contribution >= 0.6 is 15.9 Å². The highest BCUT2D eigenvalue weighted by atomic mass is 79.9. The average Bonchev–Trinajstić information content (AvgIpc) is 2.26. The van der Waals surface area contributed by atoms with Crippen molar-refractivity contribution in [2.24, 2.45) is 10.9 Å². The molecule has 16 heavy (non-hydrogen) atoms. The van der Waals surface area contributed by atoms with Gasteiger partial charge in [-0.25, -0.2) is 4.39 Å². The highest BCUT2D eigenvalue weighted by Gasteiger charge is 2.01. The topological polar surface area (TPSA) is 70.6 Å². The number of oxime groups is 1. The summed E-state index contributed by atoms with van der Waals surface area (Å²) in [5.74, 6) is -0.128. The molecule has 0 atom stereocenters. The highest BCUT2D eigenvalue weighted by molar-refractivity contribution is 9.10. The Balaban J connectivity index is 2.37. The molecule has 1 rings (SSSR count). The summed E-state index contributed by atoms with van der Waals surface area (Å²) in [4.78, 5) is 0. The number of benzene rings is 1. The predicted molar refractivity (Wildman–Crippen MR) is 65.2 cm³/mol. The normalized spacial score (nSPS) is 11.5. The van der Waals surface area contributed by atoms with Gasteiger partial charge in [0.25, 0.3) is 0 Å². The van der Waals surface area contributed by atoms with E-state index in [0.717, 1.165) is 0 Å². The Bertz CT molecular complexity index is 384. The highest BCUT2D eigenvalue weighted by Crippen LogP contribution is 2.19. The van der Waals surface area contributed by atoms with Crippen molar-refractivity contribution in [3.8, 4) is 0 Å². The number of halogens is 2. The Morgan fingerprint density at radius 1 is 1.56 bits per heavy atom. The molecule has 0 saturated carbocycles. The molecule has 0 spiro atoms. The number of hydrogen-bond acceptors (Lipinski definition) is 3. The molecule has 0 aliphatic carbocycles. The van der Waals surface area contributed by atoms with E-state index in [1.165, 1.54) is 6.07 Å². The van der Waals surface area contributed by atoms with Crippen LogP contribution in [0.15, 0.2) is 27.8 Å². The average molecular weight is 290 g/mol. The summed E-state index contributed by atoms with van der Waals surface area (Å²) in [5.41, 5.74) is 5.74. The number of amidine groups is 1.